The third kappa shape index (κ3) is 4.86. The first kappa shape index (κ1) is 18.9. The van der Waals surface area contributed by atoms with Crippen LogP contribution in [0.15, 0.2) is 48.7 Å². The van der Waals surface area contributed by atoms with E-state index in [2.05, 4.69) is 58.7 Å². The lowest BCUT2D eigenvalue weighted by Gasteiger charge is -2.19. The van der Waals surface area contributed by atoms with Crippen LogP contribution in [0.2, 0.25) is 5.02 Å². The molecule has 1 aromatic heterocycles. The lowest BCUT2D eigenvalue weighted by Crippen LogP contribution is -2.10. The Morgan fingerprint density at radius 3 is 2.30 bits per heavy atom. The minimum absolute atomic E-state index is 0.111. The molecule has 0 spiro atoms. The molecule has 27 heavy (non-hydrogen) atoms. The Morgan fingerprint density at radius 2 is 1.67 bits per heavy atom. The standard InChI is InChI=1S/C20H22ClN5O/c1-20(2,3)13-5-7-14(8-6-13)24-19-25-18(12-22-26-19)23-15-9-10-17(27-4)16(21)11-15/h5-12H,1-4H3,(H2,23,24,25,26). The van der Waals surface area contributed by atoms with Gasteiger partial charge in [-0.1, -0.05) is 44.5 Å². The Bertz CT molecular complexity index is 922. The fourth-order valence-electron chi connectivity index (χ4n) is 2.49. The summed E-state index contributed by atoms with van der Waals surface area (Å²) in [6.07, 6.45) is 1.55. The Morgan fingerprint density at radius 1 is 0.963 bits per heavy atom. The molecule has 0 radical (unpaired) electrons. The summed E-state index contributed by atoms with van der Waals surface area (Å²) in [6, 6.07) is 13.6. The number of rotatable bonds is 5. The number of nitrogens with one attached hydrogen (secondary N) is 2. The van der Waals surface area contributed by atoms with Crippen LogP contribution >= 0.6 is 11.6 Å². The summed E-state index contributed by atoms with van der Waals surface area (Å²) in [5, 5.41) is 14.9. The van der Waals surface area contributed by atoms with Crippen LogP contribution in [-0.2, 0) is 5.41 Å². The van der Waals surface area contributed by atoms with Crippen LogP contribution in [0.1, 0.15) is 26.3 Å². The number of benzene rings is 2. The molecular formula is C20H22ClN5O. The van der Waals surface area contributed by atoms with Crippen LogP contribution in [0.5, 0.6) is 5.75 Å². The zero-order chi connectivity index (χ0) is 19.4. The zero-order valence-corrected chi connectivity index (χ0v) is 16.5. The van der Waals surface area contributed by atoms with E-state index in [-0.39, 0.29) is 5.41 Å². The first-order valence-corrected chi connectivity index (χ1v) is 8.91. The van der Waals surface area contributed by atoms with E-state index in [1.807, 2.05) is 18.2 Å². The minimum Gasteiger partial charge on any atom is -0.495 e. The quantitative estimate of drug-likeness (QED) is 0.621. The largest absolute Gasteiger partial charge is 0.495 e. The van der Waals surface area contributed by atoms with Crippen LogP contribution in [0.25, 0.3) is 0 Å². The third-order valence-corrected chi connectivity index (χ3v) is 4.29. The first-order valence-electron chi connectivity index (χ1n) is 8.53. The van der Waals surface area contributed by atoms with Crippen LogP contribution in [-0.4, -0.2) is 22.3 Å². The van der Waals surface area contributed by atoms with Gasteiger partial charge >= 0.3 is 0 Å². The van der Waals surface area contributed by atoms with E-state index in [4.69, 9.17) is 16.3 Å². The normalized spacial score (nSPS) is 11.1. The maximum Gasteiger partial charge on any atom is 0.249 e. The number of aromatic nitrogens is 3. The van der Waals surface area contributed by atoms with Crippen molar-refractivity contribution in [1.82, 2.24) is 15.2 Å². The summed E-state index contributed by atoms with van der Waals surface area (Å²) in [5.41, 5.74) is 3.05. The molecule has 0 fully saturated rings. The molecule has 0 aliphatic heterocycles. The van der Waals surface area contributed by atoms with E-state index >= 15 is 0 Å². The Balaban J connectivity index is 1.73. The van der Waals surface area contributed by atoms with Gasteiger partial charge in [0.25, 0.3) is 0 Å². The summed E-state index contributed by atoms with van der Waals surface area (Å²) < 4.78 is 5.16. The highest BCUT2D eigenvalue weighted by Crippen LogP contribution is 2.28. The molecule has 0 saturated carbocycles. The summed E-state index contributed by atoms with van der Waals surface area (Å²) >= 11 is 6.15. The maximum absolute atomic E-state index is 6.15. The van der Waals surface area contributed by atoms with Crippen molar-refractivity contribution >= 4 is 34.7 Å². The molecule has 2 aromatic carbocycles. The zero-order valence-electron chi connectivity index (χ0n) is 15.7. The number of hydrogen-bond acceptors (Lipinski definition) is 6. The highest BCUT2D eigenvalue weighted by Gasteiger charge is 2.13. The average Bonchev–Trinajstić information content (AvgIpc) is 2.62. The Kier molecular flexibility index (Phi) is 5.46. The predicted octanol–water partition coefficient (Wildman–Crippen LogP) is 5.32. The van der Waals surface area contributed by atoms with E-state index in [0.717, 1.165) is 11.4 Å². The van der Waals surface area contributed by atoms with Gasteiger partial charge in [0.1, 0.15) is 5.75 Å². The molecule has 2 N–H and O–H groups in total. The van der Waals surface area contributed by atoms with E-state index in [1.54, 1.807) is 25.4 Å². The molecule has 0 bridgehead atoms. The summed E-state index contributed by atoms with van der Waals surface area (Å²) in [5.74, 6) is 1.58. The van der Waals surface area contributed by atoms with Crippen molar-refractivity contribution < 1.29 is 4.74 Å². The van der Waals surface area contributed by atoms with Gasteiger partial charge in [0.2, 0.25) is 5.95 Å². The van der Waals surface area contributed by atoms with E-state index in [1.165, 1.54) is 5.56 Å². The van der Waals surface area contributed by atoms with Crippen molar-refractivity contribution in [1.29, 1.82) is 0 Å². The van der Waals surface area contributed by atoms with Crippen molar-refractivity contribution in [2.24, 2.45) is 0 Å². The van der Waals surface area contributed by atoms with Gasteiger partial charge in [0.05, 0.1) is 18.3 Å². The second-order valence-electron chi connectivity index (χ2n) is 7.09. The predicted molar refractivity (Wildman–Crippen MR) is 110 cm³/mol. The SMILES string of the molecule is COc1ccc(Nc2cnnc(Nc3ccc(C(C)(C)C)cc3)n2)cc1Cl. The third-order valence-electron chi connectivity index (χ3n) is 3.99. The number of hydrogen-bond donors (Lipinski definition) is 2. The average molecular weight is 384 g/mol. The number of halogens is 1. The second-order valence-corrected chi connectivity index (χ2v) is 7.50. The fraction of sp³-hybridized carbons (Fsp3) is 0.250. The molecule has 7 heteroatoms. The Labute approximate surface area is 164 Å². The number of methoxy groups -OCH3 is 1. The van der Waals surface area contributed by atoms with Crippen LogP contribution in [0.4, 0.5) is 23.1 Å². The van der Waals surface area contributed by atoms with Crippen LogP contribution in [0.3, 0.4) is 0 Å². The highest BCUT2D eigenvalue weighted by molar-refractivity contribution is 6.32. The van der Waals surface area contributed by atoms with Crippen molar-refractivity contribution in [3.05, 3.63) is 59.2 Å². The molecular weight excluding hydrogens is 362 g/mol. The van der Waals surface area contributed by atoms with Gasteiger partial charge in [0, 0.05) is 11.4 Å². The van der Waals surface area contributed by atoms with Gasteiger partial charge in [-0.2, -0.15) is 10.1 Å². The summed E-state index contributed by atoms with van der Waals surface area (Å²) in [4.78, 5) is 4.44. The van der Waals surface area contributed by atoms with Gasteiger partial charge < -0.3 is 15.4 Å². The minimum atomic E-state index is 0.111. The molecule has 0 aliphatic carbocycles. The van der Waals surface area contributed by atoms with Gasteiger partial charge in [-0.25, -0.2) is 0 Å². The topological polar surface area (TPSA) is 72.0 Å². The number of ether oxygens (including phenoxy) is 1. The highest BCUT2D eigenvalue weighted by atomic mass is 35.5. The molecule has 3 rings (SSSR count). The lowest BCUT2D eigenvalue weighted by molar-refractivity contribution is 0.415. The number of nitrogens with zero attached hydrogens (tertiary/aromatic N) is 3. The molecule has 1 heterocycles. The van der Waals surface area contributed by atoms with Crippen molar-refractivity contribution in [3.63, 3.8) is 0 Å². The molecule has 6 nitrogen and oxygen atoms in total. The Hall–Kier alpha value is -2.86. The van der Waals surface area contributed by atoms with Crippen LogP contribution < -0.4 is 15.4 Å². The van der Waals surface area contributed by atoms with Crippen LogP contribution in [0, 0.1) is 0 Å². The second kappa shape index (κ2) is 7.80. The summed E-state index contributed by atoms with van der Waals surface area (Å²) in [6.45, 7) is 6.55. The monoisotopic (exact) mass is 383 g/mol. The molecule has 0 saturated heterocycles. The lowest BCUT2D eigenvalue weighted by atomic mass is 9.87. The first-order chi connectivity index (χ1) is 12.8. The van der Waals surface area contributed by atoms with Gasteiger partial charge in [-0.05, 0) is 41.3 Å². The van der Waals surface area contributed by atoms with Crippen molar-refractivity contribution in [2.75, 3.05) is 17.7 Å². The molecule has 0 amide bonds. The van der Waals surface area contributed by atoms with E-state index in [0.29, 0.717) is 22.5 Å². The van der Waals surface area contributed by atoms with Crippen molar-refractivity contribution in [3.8, 4) is 5.75 Å². The molecule has 0 unspecified atom stereocenters. The number of anilines is 4. The molecule has 0 aliphatic rings. The van der Waals surface area contributed by atoms with E-state index < -0.39 is 0 Å². The molecule has 3 aromatic rings. The summed E-state index contributed by atoms with van der Waals surface area (Å²) in [7, 11) is 1.58. The van der Waals surface area contributed by atoms with Gasteiger partial charge in [-0.3, -0.25) is 0 Å². The molecule has 140 valence electrons. The fourth-order valence-corrected chi connectivity index (χ4v) is 2.75. The maximum atomic E-state index is 6.15. The molecule has 0 atom stereocenters. The van der Waals surface area contributed by atoms with Gasteiger partial charge in [0.15, 0.2) is 5.82 Å². The van der Waals surface area contributed by atoms with Gasteiger partial charge in [-0.15, -0.1) is 5.10 Å². The van der Waals surface area contributed by atoms with Crippen molar-refractivity contribution in [2.45, 2.75) is 26.2 Å². The van der Waals surface area contributed by atoms with E-state index in [9.17, 15) is 0 Å². The smallest absolute Gasteiger partial charge is 0.249 e.